The summed E-state index contributed by atoms with van der Waals surface area (Å²) in [5.41, 5.74) is 3.34. The summed E-state index contributed by atoms with van der Waals surface area (Å²) >= 11 is 0. The Kier molecular flexibility index (Phi) is 4.07. The predicted octanol–water partition coefficient (Wildman–Crippen LogP) is 0.302. The summed E-state index contributed by atoms with van der Waals surface area (Å²) in [5.74, 6) is 5.42. The maximum Gasteiger partial charge on any atom is 0.194 e. The van der Waals surface area contributed by atoms with E-state index in [2.05, 4.69) is 12.3 Å². The summed E-state index contributed by atoms with van der Waals surface area (Å²) in [7, 11) is -0.977. The second-order valence-corrected chi connectivity index (χ2v) is 5.88. The third-order valence-corrected chi connectivity index (χ3v) is 5.52. The molecule has 0 aromatic rings. The molecule has 0 amide bonds. The SMILES string of the molecule is CCC(NN)[SiH]1CCCCO1. The maximum absolute atomic E-state index is 5.72. The van der Waals surface area contributed by atoms with Crippen LogP contribution in [0.1, 0.15) is 26.2 Å². The lowest BCUT2D eigenvalue weighted by atomic mass is 10.4. The Morgan fingerprint density at radius 1 is 1.64 bits per heavy atom. The average molecular weight is 174 g/mol. The maximum atomic E-state index is 5.72. The monoisotopic (exact) mass is 174 g/mol. The zero-order valence-corrected chi connectivity index (χ0v) is 8.33. The molecule has 1 fully saturated rings. The third-order valence-electron chi connectivity index (χ3n) is 2.32. The number of rotatable bonds is 3. The summed E-state index contributed by atoms with van der Waals surface area (Å²) in [5, 5.41) is 0. The van der Waals surface area contributed by atoms with Crippen molar-refractivity contribution in [3.8, 4) is 0 Å². The minimum Gasteiger partial charge on any atom is -0.418 e. The van der Waals surface area contributed by atoms with E-state index in [-0.39, 0.29) is 0 Å². The van der Waals surface area contributed by atoms with E-state index in [1.165, 1.54) is 18.9 Å². The van der Waals surface area contributed by atoms with Gasteiger partial charge in [-0.1, -0.05) is 13.3 Å². The fourth-order valence-electron chi connectivity index (χ4n) is 1.57. The molecule has 0 saturated carbocycles. The van der Waals surface area contributed by atoms with Crippen molar-refractivity contribution in [2.45, 2.75) is 37.9 Å². The second-order valence-electron chi connectivity index (χ2n) is 3.09. The van der Waals surface area contributed by atoms with Crippen LogP contribution in [0.15, 0.2) is 0 Å². The number of hydrazine groups is 1. The standard InChI is InChI=1S/C7H18N2OSi/c1-2-7(9-8)11-6-4-3-5-10-11/h7,9,11H,2-6,8H2,1H3. The van der Waals surface area contributed by atoms with Crippen LogP contribution in [-0.4, -0.2) is 21.3 Å². The van der Waals surface area contributed by atoms with Crippen molar-refractivity contribution < 1.29 is 4.43 Å². The van der Waals surface area contributed by atoms with Crippen LogP contribution in [0.5, 0.6) is 0 Å². The van der Waals surface area contributed by atoms with Crippen LogP contribution >= 0.6 is 0 Å². The van der Waals surface area contributed by atoms with E-state index < -0.39 is 9.04 Å². The smallest absolute Gasteiger partial charge is 0.194 e. The molecule has 66 valence electrons. The topological polar surface area (TPSA) is 47.3 Å². The van der Waals surface area contributed by atoms with E-state index in [1.807, 2.05) is 0 Å². The highest BCUT2D eigenvalue weighted by molar-refractivity contribution is 6.53. The Bertz CT molecular complexity index is 103. The molecule has 2 atom stereocenters. The third kappa shape index (κ3) is 2.55. The van der Waals surface area contributed by atoms with Gasteiger partial charge in [0.1, 0.15) is 0 Å². The highest BCUT2D eigenvalue weighted by Gasteiger charge is 2.23. The normalized spacial score (nSPS) is 28.4. The van der Waals surface area contributed by atoms with E-state index in [9.17, 15) is 0 Å². The first-order valence-corrected chi connectivity index (χ1v) is 6.41. The fourth-order valence-corrected chi connectivity index (χ4v) is 4.27. The van der Waals surface area contributed by atoms with Gasteiger partial charge in [-0.3, -0.25) is 11.3 Å². The van der Waals surface area contributed by atoms with E-state index in [0.717, 1.165) is 13.0 Å². The van der Waals surface area contributed by atoms with Crippen molar-refractivity contribution in [2.75, 3.05) is 6.61 Å². The quantitative estimate of drug-likeness (QED) is 0.367. The van der Waals surface area contributed by atoms with Crippen LogP contribution in [0.4, 0.5) is 0 Å². The van der Waals surface area contributed by atoms with Gasteiger partial charge in [-0.15, -0.1) is 0 Å². The Balaban J connectivity index is 2.30. The van der Waals surface area contributed by atoms with Gasteiger partial charge in [-0.05, 0) is 18.9 Å². The predicted molar refractivity (Wildman–Crippen MR) is 48.5 cm³/mol. The van der Waals surface area contributed by atoms with Gasteiger partial charge in [0.2, 0.25) is 0 Å². The molecular formula is C7H18N2OSi. The van der Waals surface area contributed by atoms with Gasteiger partial charge in [0.15, 0.2) is 9.04 Å². The van der Waals surface area contributed by atoms with Gasteiger partial charge in [0.05, 0.1) is 0 Å². The lowest BCUT2D eigenvalue weighted by Gasteiger charge is -2.27. The van der Waals surface area contributed by atoms with Gasteiger partial charge in [0, 0.05) is 12.3 Å². The van der Waals surface area contributed by atoms with Gasteiger partial charge in [0.25, 0.3) is 0 Å². The molecule has 0 aliphatic carbocycles. The highest BCUT2D eigenvalue weighted by Crippen LogP contribution is 2.14. The Hall–Kier alpha value is 0.0969. The van der Waals surface area contributed by atoms with Crippen LogP contribution in [0, 0.1) is 0 Å². The largest absolute Gasteiger partial charge is 0.418 e. The first-order chi connectivity index (χ1) is 5.38. The molecule has 0 bridgehead atoms. The molecule has 2 unspecified atom stereocenters. The number of nitrogens with two attached hydrogens (primary N) is 1. The van der Waals surface area contributed by atoms with Crippen molar-refractivity contribution in [3.63, 3.8) is 0 Å². The molecule has 3 N–H and O–H groups in total. The van der Waals surface area contributed by atoms with Gasteiger partial charge >= 0.3 is 0 Å². The summed E-state index contributed by atoms with van der Waals surface area (Å²) in [6.45, 7) is 3.13. The van der Waals surface area contributed by atoms with Crippen molar-refractivity contribution in [1.29, 1.82) is 0 Å². The molecule has 1 aliphatic rings. The summed E-state index contributed by atoms with van der Waals surface area (Å²) in [6.07, 6.45) is 3.69. The molecule has 1 aliphatic heterocycles. The molecule has 11 heavy (non-hydrogen) atoms. The van der Waals surface area contributed by atoms with Gasteiger partial charge < -0.3 is 4.43 Å². The molecule has 3 nitrogen and oxygen atoms in total. The van der Waals surface area contributed by atoms with Crippen molar-refractivity contribution in [2.24, 2.45) is 5.84 Å². The first kappa shape index (κ1) is 9.19. The molecule has 0 radical (unpaired) electrons. The zero-order chi connectivity index (χ0) is 8.10. The first-order valence-electron chi connectivity index (χ1n) is 4.46. The van der Waals surface area contributed by atoms with E-state index in [0.29, 0.717) is 5.67 Å². The molecule has 1 heterocycles. The lowest BCUT2D eigenvalue weighted by Crippen LogP contribution is -2.49. The number of hydrogen-bond acceptors (Lipinski definition) is 3. The minimum absolute atomic E-state index is 0.482. The van der Waals surface area contributed by atoms with Crippen LogP contribution < -0.4 is 11.3 Å². The number of hydrogen-bond donors (Lipinski definition) is 2. The van der Waals surface area contributed by atoms with Crippen LogP contribution in [-0.2, 0) is 4.43 Å². The summed E-state index contributed by atoms with van der Waals surface area (Å²) < 4.78 is 5.72. The molecule has 4 heteroatoms. The second kappa shape index (κ2) is 4.87. The molecule has 0 aromatic carbocycles. The summed E-state index contributed by atoms with van der Waals surface area (Å²) in [4.78, 5) is 0. The van der Waals surface area contributed by atoms with Crippen molar-refractivity contribution in [3.05, 3.63) is 0 Å². The molecule has 1 saturated heterocycles. The fraction of sp³-hybridized carbons (Fsp3) is 1.00. The van der Waals surface area contributed by atoms with Crippen LogP contribution in [0.25, 0.3) is 0 Å². The Morgan fingerprint density at radius 3 is 2.91 bits per heavy atom. The Morgan fingerprint density at radius 2 is 2.45 bits per heavy atom. The lowest BCUT2D eigenvalue weighted by molar-refractivity contribution is 0.274. The van der Waals surface area contributed by atoms with Crippen molar-refractivity contribution >= 4 is 9.04 Å². The average Bonchev–Trinajstić information content (AvgIpc) is 2.09. The van der Waals surface area contributed by atoms with Crippen LogP contribution in [0.2, 0.25) is 6.04 Å². The van der Waals surface area contributed by atoms with Crippen LogP contribution in [0.3, 0.4) is 0 Å². The Labute approximate surface area is 70.0 Å². The zero-order valence-electron chi connectivity index (χ0n) is 7.18. The molecular weight excluding hydrogens is 156 g/mol. The molecule has 0 aromatic heterocycles. The van der Waals surface area contributed by atoms with E-state index in [1.54, 1.807) is 0 Å². The summed E-state index contributed by atoms with van der Waals surface area (Å²) in [6, 6.07) is 1.29. The van der Waals surface area contributed by atoms with Gasteiger partial charge in [-0.2, -0.15) is 0 Å². The molecule has 0 spiro atoms. The van der Waals surface area contributed by atoms with Gasteiger partial charge in [-0.25, -0.2) is 0 Å². The van der Waals surface area contributed by atoms with E-state index >= 15 is 0 Å². The minimum atomic E-state index is -0.977. The number of nitrogens with one attached hydrogen (secondary N) is 1. The van der Waals surface area contributed by atoms with E-state index in [4.69, 9.17) is 10.3 Å². The highest BCUT2D eigenvalue weighted by atomic mass is 28.3. The van der Waals surface area contributed by atoms with Crippen molar-refractivity contribution in [1.82, 2.24) is 5.43 Å². The molecule has 1 rings (SSSR count).